The zero-order valence-electron chi connectivity index (χ0n) is 16.9. The largest absolute Gasteiger partial charge is 0.373 e. The van der Waals surface area contributed by atoms with Gasteiger partial charge < -0.3 is 5.11 Å². The third-order valence-corrected chi connectivity index (χ3v) is 5.08. The van der Waals surface area contributed by atoms with Gasteiger partial charge >= 0.3 is 5.72 Å². The van der Waals surface area contributed by atoms with Gasteiger partial charge in [-0.25, -0.2) is 0 Å². The van der Waals surface area contributed by atoms with Gasteiger partial charge in [0.15, 0.2) is 6.04 Å². The predicted molar refractivity (Wildman–Crippen MR) is 111 cm³/mol. The lowest BCUT2D eigenvalue weighted by molar-refractivity contribution is -0.613. The highest BCUT2D eigenvalue weighted by Crippen LogP contribution is 2.33. The van der Waals surface area contributed by atoms with E-state index in [4.69, 9.17) is 0 Å². The summed E-state index contributed by atoms with van der Waals surface area (Å²) < 4.78 is 0. The first kappa shape index (κ1) is 22.0. The highest BCUT2D eigenvalue weighted by molar-refractivity contribution is 5.40. The fourth-order valence-corrected chi connectivity index (χ4v) is 3.38. The monoisotopic (exact) mass is 385 g/mol. The van der Waals surface area contributed by atoms with Crippen molar-refractivity contribution in [3.8, 4) is 0 Å². The van der Waals surface area contributed by atoms with Crippen LogP contribution in [0.3, 0.4) is 0 Å². The van der Waals surface area contributed by atoms with Crippen molar-refractivity contribution in [2.45, 2.75) is 77.0 Å². The highest BCUT2D eigenvalue weighted by atomic mass is 16.7. The van der Waals surface area contributed by atoms with Gasteiger partial charge in [0.05, 0.1) is 10.6 Å². The summed E-state index contributed by atoms with van der Waals surface area (Å²) in [7, 11) is 0. The fourth-order valence-electron chi connectivity index (χ4n) is 3.38. The van der Waals surface area contributed by atoms with Gasteiger partial charge in [0, 0.05) is 5.57 Å². The predicted octanol–water partition coefficient (Wildman–Crippen LogP) is 5.91. The molecule has 0 aromatic heterocycles. The van der Waals surface area contributed by atoms with Gasteiger partial charge in [0.1, 0.15) is 0 Å². The van der Waals surface area contributed by atoms with Gasteiger partial charge in [0.25, 0.3) is 0 Å². The number of nitro groups is 1. The van der Waals surface area contributed by atoms with Crippen molar-refractivity contribution in [3.05, 3.63) is 63.7 Å². The summed E-state index contributed by atoms with van der Waals surface area (Å²) in [6, 6.07) is 6.71. The molecule has 0 saturated carbocycles. The smallest absolute Gasteiger partial charge is 0.325 e. The van der Waals surface area contributed by atoms with Crippen LogP contribution in [0.2, 0.25) is 0 Å². The van der Waals surface area contributed by atoms with Gasteiger partial charge in [-0.15, -0.1) is 0 Å². The Morgan fingerprint density at radius 1 is 1.14 bits per heavy atom. The van der Waals surface area contributed by atoms with Crippen molar-refractivity contribution in [1.82, 2.24) is 0 Å². The first-order valence-corrected chi connectivity index (χ1v) is 10.3. The standard InChI is InChI=1S/C22H31N3O3/c1-3-5-7-11-18-12-9-15-20(17-18)23-24-21-16-10-14-19(13-8-6-4-2)22(21,26)25(27)28/h9-10,12,14-17,21,26H,3-8,11,13H2,1-2H3. The minimum absolute atomic E-state index is 0.394. The zero-order valence-corrected chi connectivity index (χ0v) is 16.9. The molecule has 0 heterocycles. The lowest BCUT2D eigenvalue weighted by Crippen LogP contribution is -2.50. The van der Waals surface area contributed by atoms with Crippen molar-refractivity contribution < 1.29 is 10.0 Å². The second kappa shape index (κ2) is 10.9. The molecule has 1 aromatic carbocycles. The Balaban J connectivity index is 2.15. The van der Waals surface area contributed by atoms with Crippen molar-refractivity contribution in [3.63, 3.8) is 0 Å². The van der Waals surface area contributed by atoms with Crippen molar-refractivity contribution in [1.29, 1.82) is 0 Å². The second-order valence-electron chi connectivity index (χ2n) is 7.30. The first-order valence-electron chi connectivity index (χ1n) is 10.3. The molecule has 0 amide bonds. The van der Waals surface area contributed by atoms with Gasteiger partial charge in [-0.3, -0.25) is 10.1 Å². The molecule has 0 aliphatic heterocycles. The Labute approximate surface area is 167 Å². The summed E-state index contributed by atoms with van der Waals surface area (Å²) in [6.45, 7) is 4.24. The summed E-state index contributed by atoms with van der Waals surface area (Å²) >= 11 is 0. The van der Waals surface area contributed by atoms with Crippen LogP contribution in [-0.2, 0) is 6.42 Å². The van der Waals surface area contributed by atoms with Crippen LogP contribution in [-0.4, -0.2) is 21.8 Å². The lowest BCUT2D eigenvalue weighted by atomic mass is 9.87. The molecule has 28 heavy (non-hydrogen) atoms. The van der Waals surface area contributed by atoms with Gasteiger partial charge in [0.2, 0.25) is 0 Å². The number of aliphatic hydroxyl groups is 1. The Kier molecular flexibility index (Phi) is 8.51. The number of nitrogens with zero attached hydrogens (tertiary/aromatic N) is 3. The van der Waals surface area contributed by atoms with E-state index in [0.29, 0.717) is 17.7 Å². The number of hydrogen-bond acceptors (Lipinski definition) is 5. The van der Waals surface area contributed by atoms with E-state index >= 15 is 0 Å². The molecule has 6 heteroatoms. The maximum Gasteiger partial charge on any atom is 0.373 e. The minimum atomic E-state index is -2.23. The average Bonchev–Trinajstić information content (AvgIpc) is 2.69. The Morgan fingerprint density at radius 2 is 1.86 bits per heavy atom. The van der Waals surface area contributed by atoms with Gasteiger partial charge in [-0.2, -0.15) is 10.2 Å². The van der Waals surface area contributed by atoms with E-state index in [9.17, 15) is 15.2 Å². The molecule has 1 aliphatic rings. The summed E-state index contributed by atoms with van der Waals surface area (Å²) in [4.78, 5) is 11.1. The number of allylic oxidation sites excluding steroid dienone is 2. The van der Waals surface area contributed by atoms with Gasteiger partial charge in [-0.1, -0.05) is 63.8 Å². The number of azo groups is 1. The molecule has 2 unspecified atom stereocenters. The molecule has 152 valence electrons. The quantitative estimate of drug-likeness (QED) is 0.169. The second-order valence-corrected chi connectivity index (χ2v) is 7.30. The van der Waals surface area contributed by atoms with Crippen LogP contribution in [0.5, 0.6) is 0 Å². The molecular weight excluding hydrogens is 354 g/mol. The Bertz CT molecular complexity index is 742. The molecule has 1 aromatic rings. The van der Waals surface area contributed by atoms with Crippen molar-refractivity contribution in [2.24, 2.45) is 10.2 Å². The van der Waals surface area contributed by atoms with Crippen LogP contribution in [0.25, 0.3) is 0 Å². The Hall–Kier alpha value is -2.34. The molecular formula is C22H31N3O3. The van der Waals surface area contributed by atoms with Crippen LogP contribution in [0, 0.1) is 10.1 Å². The van der Waals surface area contributed by atoms with Crippen molar-refractivity contribution >= 4 is 5.69 Å². The van der Waals surface area contributed by atoms with Crippen LogP contribution >= 0.6 is 0 Å². The van der Waals surface area contributed by atoms with E-state index in [1.54, 1.807) is 18.2 Å². The SMILES string of the molecule is CCCCCC1=CC=CC(N=Nc2cccc(CCCCC)c2)C1(O)[N+](=O)[O-]. The van der Waals surface area contributed by atoms with E-state index in [1.807, 2.05) is 18.2 Å². The van der Waals surface area contributed by atoms with Crippen LogP contribution in [0.4, 0.5) is 5.69 Å². The summed E-state index contributed by atoms with van der Waals surface area (Å²) in [5.41, 5.74) is -0.0141. The molecule has 2 atom stereocenters. The molecule has 0 radical (unpaired) electrons. The number of aryl methyl sites for hydroxylation is 1. The summed E-state index contributed by atoms with van der Waals surface area (Å²) in [5.74, 6) is 0. The molecule has 2 rings (SSSR count). The molecule has 0 saturated heterocycles. The summed E-state index contributed by atoms with van der Waals surface area (Å²) in [6.07, 6.45) is 12.6. The van der Waals surface area contributed by atoms with Gasteiger partial charge in [-0.05, 0) is 49.5 Å². The molecule has 0 fully saturated rings. The zero-order chi connectivity index (χ0) is 20.4. The number of rotatable bonds is 11. The minimum Gasteiger partial charge on any atom is -0.325 e. The molecule has 0 spiro atoms. The van der Waals surface area contributed by atoms with E-state index < -0.39 is 16.7 Å². The molecule has 1 N–H and O–H groups in total. The van der Waals surface area contributed by atoms with E-state index in [-0.39, 0.29) is 0 Å². The molecule has 6 nitrogen and oxygen atoms in total. The normalized spacial score (nSPS) is 21.8. The third kappa shape index (κ3) is 5.58. The fraction of sp³-hybridized carbons (Fsp3) is 0.545. The van der Waals surface area contributed by atoms with E-state index in [1.165, 1.54) is 18.4 Å². The highest BCUT2D eigenvalue weighted by Gasteiger charge is 2.52. The molecule has 0 bridgehead atoms. The topological polar surface area (TPSA) is 88.1 Å². The number of benzene rings is 1. The first-order chi connectivity index (χ1) is 13.5. The average molecular weight is 386 g/mol. The third-order valence-electron chi connectivity index (χ3n) is 5.08. The van der Waals surface area contributed by atoms with E-state index in [0.717, 1.165) is 32.1 Å². The number of hydrogen-bond donors (Lipinski definition) is 1. The van der Waals surface area contributed by atoms with Crippen LogP contribution in [0.15, 0.2) is 58.3 Å². The lowest BCUT2D eigenvalue weighted by Gasteiger charge is -2.27. The maximum absolute atomic E-state index is 11.7. The van der Waals surface area contributed by atoms with Crippen LogP contribution in [0.1, 0.15) is 64.4 Å². The maximum atomic E-state index is 11.7. The van der Waals surface area contributed by atoms with Crippen molar-refractivity contribution in [2.75, 3.05) is 0 Å². The number of unbranched alkanes of at least 4 members (excludes halogenated alkanes) is 4. The summed E-state index contributed by atoms with van der Waals surface area (Å²) in [5, 5.41) is 31.0. The molecule has 1 aliphatic carbocycles. The Morgan fingerprint density at radius 3 is 2.54 bits per heavy atom. The van der Waals surface area contributed by atoms with Crippen LogP contribution < -0.4 is 0 Å². The van der Waals surface area contributed by atoms with E-state index in [2.05, 4.69) is 30.1 Å².